The van der Waals surface area contributed by atoms with Crippen molar-refractivity contribution in [3.63, 3.8) is 0 Å². The van der Waals surface area contributed by atoms with Crippen LogP contribution in [0.5, 0.6) is 5.75 Å². The molecule has 3 heterocycles. The molecule has 4 rings (SSSR count). The highest BCUT2D eigenvalue weighted by atomic mass is 16.5. The minimum Gasteiger partial charge on any atom is -0.494 e. The number of anilines is 1. The second-order valence-corrected chi connectivity index (χ2v) is 6.28. The van der Waals surface area contributed by atoms with E-state index in [9.17, 15) is 4.79 Å². The molecule has 138 valence electrons. The van der Waals surface area contributed by atoms with E-state index in [1.165, 1.54) is 0 Å². The van der Waals surface area contributed by atoms with E-state index in [1.807, 2.05) is 48.2 Å². The lowest BCUT2D eigenvalue weighted by Crippen LogP contribution is -2.43. The van der Waals surface area contributed by atoms with Gasteiger partial charge in [0.2, 0.25) is 0 Å². The second kappa shape index (κ2) is 7.49. The molecule has 0 saturated carbocycles. The van der Waals surface area contributed by atoms with Crippen molar-refractivity contribution in [1.29, 1.82) is 0 Å². The molecule has 3 aromatic rings. The third-order valence-corrected chi connectivity index (χ3v) is 4.62. The molecule has 0 saturated heterocycles. The molecule has 0 radical (unpaired) electrons. The maximum atomic E-state index is 13.0. The number of aromatic nitrogens is 3. The fourth-order valence-corrected chi connectivity index (χ4v) is 3.38. The van der Waals surface area contributed by atoms with E-state index in [0.717, 1.165) is 34.8 Å². The van der Waals surface area contributed by atoms with Crippen LogP contribution in [0.4, 0.5) is 10.5 Å². The number of ether oxygens (including phenoxy) is 1. The Morgan fingerprint density at radius 2 is 2.04 bits per heavy atom. The summed E-state index contributed by atoms with van der Waals surface area (Å²) >= 11 is 0. The summed E-state index contributed by atoms with van der Waals surface area (Å²) in [7, 11) is 0. The minimum atomic E-state index is -0.245. The minimum absolute atomic E-state index is 0.158. The number of nitrogens with one attached hydrogen (secondary N) is 2. The lowest BCUT2D eigenvalue weighted by atomic mass is 9.97. The Bertz CT molecular complexity index is 908. The van der Waals surface area contributed by atoms with Gasteiger partial charge in [-0.3, -0.25) is 4.98 Å². The average Bonchev–Trinajstić information content (AvgIpc) is 3.18. The molecule has 7 nitrogen and oxygen atoms in total. The first-order chi connectivity index (χ1) is 13.3. The Hall–Kier alpha value is -3.35. The summed E-state index contributed by atoms with van der Waals surface area (Å²) in [5.41, 5.74) is 3.67. The molecule has 0 unspecified atom stereocenters. The van der Waals surface area contributed by atoms with Gasteiger partial charge < -0.3 is 19.9 Å². The van der Waals surface area contributed by atoms with Crippen molar-refractivity contribution < 1.29 is 9.53 Å². The van der Waals surface area contributed by atoms with Crippen molar-refractivity contribution in [2.75, 3.05) is 18.5 Å². The van der Waals surface area contributed by atoms with Crippen molar-refractivity contribution in [2.24, 2.45) is 0 Å². The molecular formula is C20H21N5O2. The number of hydrogen-bond donors (Lipinski definition) is 2. The van der Waals surface area contributed by atoms with Crippen LogP contribution in [0.1, 0.15) is 29.9 Å². The van der Waals surface area contributed by atoms with E-state index in [1.54, 1.807) is 18.7 Å². The quantitative estimate of drug-likeness (QED) is 0.744. The van der Waals surface area contributed by atoms with Crippen LogP contribution in [0.2, 0.25) is 0 Å². The first kappa shape index (κ1) is 17.1. The molecule has 1 atom stereocenters. The predicted octanol–water partition coefficient (Wildman–Crippen LogP) is 3.38. The van der Waals surface area contributed by atoms with Crippen molar-refractivity contribution in [3.8, 4) is 5.75 Å². The summed E-state index contributed by atoms with van der Waals surface area (Å²) < 4.78 is 5.45. The first-order valence-corrected chi connectivity index (χ1v) is 8.99. The maximum absolute atomic E-state index is 13.0. The van der Waals surface area contributed by atoms with Gasteiger partial charge in [-0.25, -0.2) is 9.78 Å². The number of carbonyl (C=O) groups is 1. The number of amides is 2. The number of rotatable bonds is 4. The number of fused-ring (bicyclic) bond motifs is 1. The van der Waals surface area contributed by atoms with Crippen LogP contribution in [-0.2, 0) is 6.42 Å². The van der Waals surface area contributed by atoms with Crippen LogP contribution in [0.25, 0.3) is 0 Å². The van der Waals surface area contributed by atoms with Crippen LogP contribution < -0.4 is 10.1 Å². The van der Waals surface area contributed by atoms with E-state index in [4.69, 9.17) is 4.74 Å². The van der Waals surface area contributed by atoms with E-state index >= 15 is 0 Å². The van der Waals surface area contributed by atoms with Crippen molar-refractivity contribution >= 4 is 11.7 Å². The Kier molecular flexibility index (Phi) is 4.74. The van der Waals surface area contributed by atoms with Crippen LogP contribution in [-0.4, -0.2) is 39.0 Å². The molecule has 0 spiro atoms. The van der Waals surface area contributed by atoms with Gasteiger partial charge in [0.1, 0.15) is 11.8 Å². The van der Waals surface area contributed by atoms with Gasteiger partial charge in [-0.05, 0) is 48.9 Å². The molecule has 1 aromatic carbocycles. The van der Waals surface area contributed by atoms with E-state index in [-0.39, 0.29) is 12.1 Å². The standard InChI is InChI=1S/C20H21N5O2/c1-2-27-16-5-3-15(4-6-16)24-20(26)25-12-9-17-18(23-13-22-17)19(25)14-7-10-21-11-8-14/h3-8,10-11,13,19H,2,9,12H2,1H3,(H,22,23)(H,24,26)/t19-/m0/s1. The molecule has 2 N–H and O–H groups in total. The van der Waals surface area contributed by atoms with Crippen LogP contribution in [0.3, 0.4) is 0 Å². The Labute approximate surface area is 157 Å². The van der Waals surface area contributed by atoms with E-state index in [2.05, 4.69) is 20.3 Å². The molecule has 2 aromatic heterocycles. The monoisotopic (exact) mass is 363 g/mol. The lowest BCUT2D eigenvalue weighted by Gasteiger charge is -2.35. The lowest BCUT2D eigenvalue weighted by molar-refractivity contribution is 0.192. The summed E-state index contributed by atoms with van der Waals surface area (Å²) in [5, 5.41) is 2.98. The van der Waals surface area contributed by atoms with Crippen molar-refractivity contribution in [3.05, 3.63) is 72.1 Å². The molecule has 0 fully saturated rings. The number of benzene rings is 1. The third-order valence-electron chi connectivity index (χ3n) is 4.62. The smallest absolute Gasteiger partial charge is 0.322 e. The van der Waals surface area contributed by atoms with Gasteiger partial charge in [0, 0.05) is 36.7 Å². The average molecular weight is 363 g/mol. The number of H-pyrrole nitrogens is 1. The third kappa shape index (κ3) is 3.48. The molecule has 0 aliphatic carbocycles. The van der Waals surface area contributed by atoms with Gasteiger partial charge >= 0.3 is 6.03 Å². The van der Waals surface area contributed by atoms with Crippen LogP contribution in [0.15, 0.2) is 55.1 Å². The fraction of sp³-hybridized carbons (Fsp3) is 0.250. The van der Waals surface area contributed by atoms with Gasteiger partial charge in [0.05, 0.1) is 18.6 Å². The number of hydrogen-bond acceptors (Lipinski definition) is 4. The summed E-state index contributed by atoms with van der Waals surface area (Å²) in [4.78, 5) is 26.6. The normalized spacial score (nSPS) is 15.9. The number of urea groups is 1. The van der Waals surface area contributed by atoms with Gasteiger partial charge in [-0.1, -0.05) is 0 Å². The summed E-state index contributed by atoms with van der Waals surface area (Å²) in [5.74, 6) is 0.782. The van der Waals surface area contributed by atoms with Crippen LogP contribution in [0, 0.1) is 0 Å². The largest absolute Gasteiger partial charge is 0.494 e. The maximum Gasteiger partial charge on any atom is 0.322 e. The molecular weight excluding hydrogens is 342 g/mol. The van der Waals surface area contributed by atoms with E-state index < -0.39 is 0 Å². The molecule has 27 heavy (non-hydrogen) atoms. The molecule has 1 aliphatic heterocycles. The van der Waals surface area contributed by atoms with Crippen LogP contribution >= 0.6 is 0 Å². The zero-order chi connectivity index (χ0) is 18.6. The molecule has 0 bridgehead atoms. The van der Waals surface area contributed by atoms with Gasteiger partial charge in [-0.15, -0.1) is 0 Å². The molecule has 1 aliphatic rings. The zero-order valence-corrected chi connectivity index (χ0v) is 15.1. The number of pyridine rings is 1. The van der Waals surface area contributed by atoms with Gasteiger partial charge in [0.25, 0.3) is 0 Å². The first-order valence-electron chi connectivity index (χ1n) is 8.99. The fourth-order valence-electron chi connectivity index (χ4n) is 3.38. The SMILES string of the molecule is CCOc1ccc(NC(=O)N2CCc3[nH]cnc3[C@@H]2c2ccncc2)cc1. The highest BCUT2D eigenvalue weighted by Crippen LogP contribution is 2.33. The summed E-state index contributed by atoms with van der Waals surface area (Å²) in [6.45, 7) is 3.15. The van der Waals surface area contributed by atoms with E-state index in [0.29, 0.717) is 13.2 Å². The molecule has 2 amide bonds. The zero-order valence-electron chi connectivity index (χ0n) is 15.1. The number of carbonyl (C=O) groups excluding carboxylic acids is 1. The molecule has 7 heteroatoms. The van der Waals surface area contributed by atoms with Gasteiger partial charge in [-0.2, -0.15) is 0 Å². The predicted molar refractivity (Wildman–Crippen MR) is 102 cm³/mol. The number of nitrogens with zero attached hydrogens (tertiary/aromatic N) is 3. The summed E-state index contributed by atoms with van der Waals surface area (Å²) in [6.07, 6.45) is 5.90. The Balaban J connectivity index is 1.58. The van der Waals surface area contributed by atoms with Crippen molar-refractivity contribution in [2.45, 2.75) is 19.4 Å². The highest BCUT2D eigenvalue weighted by molar-refractivity contribution is 5.90. The highest BCUT2D eigenvalue weighted by Gasteiger charge is 2.34. The number of aromatic amines is 1. The van der Waals surface area contributed by atoms with Crippen molar-refractivity contribution in [1.82, 2.24) is 19.9 Å². The summed E-state index contributed by atoms with van der Waals surface area (Å²) in [6, 6.07) is 10.8. The Morgan fingerprint density at radius 3 is 2.78 bits per heavy atom. The Morgan fingerprint density at radius 1 is 1.26 bits per heavy atom. The van der Waals surface area contributed by atoms with Gasteiger partial charge in [0.15, 0.2) is 0 Å². The second-order valence-electron chi connectivity index (χ2n) is 6.28. The number of imidazole rings is 1. The topological polar surface area (TPSA) is 83.1 Å².